The lowest BCUT2D eigenvalue weighted by Gasteiger charge is -2.24. The van der Waals surface area contributed by atoms with E-state index in [0.717, 1.165) is 18.7 Å². The van der Waals surface area contributed by atoms with Gasteiger partial charge in [0.15, 0.2) is 0 Å². The molecule has 102 valence electrons. The van der Waals surface area contributed by atoms with Crippen molar-refractivity contribution in [1.82, 2.24) is 10.3 Å². The normalized spacial score (nSPS) is 11.5. The standard InChI is InChI=1S/C15H20N2OS/c1-15(2,13-7-5-9-19-13)11-16-10-12-6-4-8-17-14(12)18-3/h4-9,16H,10-11H2,1-3H3. The minimum atomic E-state index is 0.142. The van der Waals surface area contributed by atoms with Gasteiger partial charge < -0.3 is 10.1 Å². The topological polar surface area (TPSA) is 34.1 Å². The number of nitrogens with zero attached hydrogens (tertiary/aromatic N) is 1. The molecule has 0 amide bonds. The summed E-state index contributed by atoms with van der Waals surface area (Å²) in [5.41, 5.74) is 1.23. The fourth-order valence-corrected chi connectivity index (χ4v) is 2.85. The van der Waals surface area contributed by atoms with Crippen LogP contribution in [0.25, 0.3) is 0 Å². The van der Waals surface area contributed by atoms with Crippen LogP contribution in [0.1, 0.15) is 24.3 Å². The Hall–Kier alpha value is -1.39. The van der Waals surface area contributed by atoms with Crippen molar-refractivity contribution in [2.24, 2.45) is 0 Å². The lowest BCUT2D eigenvalue weighted by molar-refractivity contribution is 0.388. The van der Waals surface area contributed by atoms with Crippen LogP contribution in [0.3, 0.4) is 0 Å². The molecule has 2 heterocycles. The van der Waals surface area contributed by atoms with Crippen LogP contribution in [0.5, 0.6) is 5.88 Å². The largest absolute Gasteiger partial charge is 0.481 e. The smallest absolute Gasteiger partial charge is 0.217 e. The summed E-state index contributed by atoms with van der Waals surface area (Å²) in [5.74, 6) is 0.698. The van der Waals surface area contributed by atoms with Crippen LogP contribution in [0, 0.1) is 0 Å². The van der Waals surface area contributed by atoms with E-state index < -0.39 is 0 Å². The molecule has 4 heteroatoms. The molecule has 2 aromatic heterocycles. The molecule has 0 unspecified atom stereocenters. The van der Waals surface area contributed by atoms with Crippen LogP contribution in [-0.4, -0.2) is 18.6 Å². The summed E-state index contributed by atoms with van der Waals surface area (Å²) in [7, 11) is 1.65. The molecule has 0 radical (unpaired) electrons. The van der Waals surface area contributed by atoms with Crippen molar-refractivity contribution in [2.45, 2.75) is 25.8 Å². The summed E-state index contributed by atoms with van der Waals surface area (Å²) in [6.07, 6.45) is 1.75. The number of nitrogens with one attached hydrogen (secondary N) is 1. The third-order valence-corrected chi connectivity index (χ3v) is 4.35. The van der Waals surface area contributed by atoms with Crippen LogP contribution >= 0.6 is 11.3 Å². The van der Waals surface area contributed by atoms with Gasteiger partial charge in [0.2, 0.25) is 5.88 Å². The minimum absolute atomic E-state index is 0.142. The zero-order valence-electron chi connectivity index (χ0n) is 11.6. The fraction of sp³-hybridized carbons (Fsp3) is 0.400. The fourth-order valence-electron chi connectivity index (χ4n) is 2.00. The predicted octanol–water partition coefficient (Wildman–Crippen LogP) is 3.22. The Kier molecular flexibility index (Phi) is 4.56. The van der Waals surface area contributed by atoms with Gasteiger partial charge in [0.05, 0.1) is 7.11 Å². The van der Waals surface area contributed by atoms with E-state index in [9.17, 15) is 0 Å². The molecule has 0 spiro atoms. The Bertz CT molecular complexity index is 509. The third-order valence-electron chi connectivity index (χ3n) is 3.11. The molecule has 0 aliphatic carbocycles. The van der Waals surface area contributed by atoms with Crippen LogP contribution < -0.4 is 10.1 Å². The van der Waals surface area contributed by atoms with Crippen LogP contribution in [0.2, 0.25) is 0 Å². The van der Waals surface area contributed by atoms with E-state index in [1.54, 1.807) is 24.6 Å². The minimum Gasteiger partial charge on any atom is -0.481 e. The zero-order chi connectivity index (χ0) is 13.7. The van der Waals surface area contributed by atoms with Gasteiger partial charge in [0, 0.05) is 35.1 Å². The van der Waals surface area contributed by atoms with E-state index >= 15 is 0 Å². The number of rotatable bonds is 6. The predicted molar refractivity (Wildman–Crippen MR) is 79.8 cm³/mol. The first-order valence-corrected chi connectivity index (χ1v) is 7.24. The zero-order valence-corrected chi connectivity index (χ0v) is 12.5. The molecular weight excluding hydrogens is 256 g/mol. The second-order valence-corrected chi connectivity index (χ2v) is 6.08. The van der Waals surface area contributed by atoms with Crippen LogP contribution in [-0.2, 0) is 12.0 Å². The molecule has 3 nitrogen and oxygen atoms in total. The van der Waals surface area contributed by atoms with Gasteiger partial charge in [-0.2, -0.15) is 0 Å². The average Bonchev–Trinajstić information content (AvgIpc) is 2.94. The maximum Gasteiger partial charge on any atom is 0.217 e. The highest BCUT2D eigenvalue weighted by atomic mass is 32.1. The maximum atomic E-state index is 5.25. The van der Waals surface area contributed by atoms with E-state index in [2.05, 4.69) is 41.7 Å². The highest BCUT2D eigenvalue weighted by Gasteiger charge is 2.21. The van der Waals surface area contributed by atoms with Crippen LogP contribution in [0.15, 0.2) is 35.8 Å². The van der Waals surface area contributed by atoms with Crippen molar-refractivity contribution in [2.75, 3.05) is 13.7 Å². The molecule has 2 rings (SSSR count). The highest BCUT2D eigenvalue weighted by molar-refractivity contribution is 7.10. The molecule has 0 aromatic carbocycles. The van der Waals surface area contributed by atoms with Gasteiger partial charge in [-0.05, 0) is 17.5 Å². The van der Waals surface area contributed by atoms with Gasteiger partial charge in [0.1, 0.15) is 0 Å². The lowest BCUT2D eigenvalue weighted by atomic mass is 9.91. The Labute approximate surface area is 118 Å². The van der Waals surface area contributed by atoms with Gasteiger partial charge in [0.25, 0.3) is 0 Å². The first-order chi connectivity index (χ1) is 9.13. The van der Waals surface area contributed by atoms with E-state index in [1.165, 1.54) is 4.88 Å². The quantitative estimate of drug-likeness (QED) is 0.879. The second-order valence-electron chi connectivity index (χ2n) is 5.14. The number of hydrogen-bond donors (Lipinski definition) is 1. The number of methoxy groups -OCH3 is 1. The number of hydrogen-bond acceptors (Lipinski definition) is 4. The summed E-state index contributed by atoms with van der Waals surface area (Å²) in [5, 5.41) is 5.62. The van der Waals surface area contributed by atoms with Gasteiger partial charge in [-0.1, -0.05) is 26.0 Å². The molecule has 1 N–H and O–H groups in total. The number of ether oxygens (including phenoxy) is 1. The van der Waals surface area contributed by atoms with Gasteiger partial charge in [-0.3, -0.25) is 0 Å². The Morgan fingerprint density at radius 2 is 2.16 bits per heavy atom. The molecule has 0 bridgehead atoms. The van der Waals surface area contributed by atoms with E-state index in [1.807, 2.05) is 12.1 Å². The molecular formula is C15H20N2OS. The highest BCUT2D eigenvalue weighted by Crippen LogP contribution is 2.26. The summed E-state index contributed by atoms with van der Waals surface area (Å²) in [6.45, 7) is 6.20. The number of pyridine rings is 1. The van der Waals surface area contributed by atoms with Crippen molar-refractivity contribution in [3.63, 3.8) is 0 Å². The van der Waals surface area contributed by atoms with Gasteiger partial charge in [-0.25, -0.2) is 4.98 Å². The lowest BCUT2D eigenvalue weighted by Crippen LogP contribution is -2.32. The Morgan fingerprint density at radius 3 is 2.84 bits per heavy atom. The maximum absolute atomic E-state index is 5.25. The Balaban J connectivity index is 1.93. The third kappa shape index (κ3) is 3.55. The first-order valence-electron chi connectivity index (χ1n) is 6.36. The molecule has 0 saturated carbocycles. The summed E-state index contributed by atoms with van der Waals surface area (Å²) < 4.78 is 5.25. The molecule has 0 aliphatic rings. The molecule has 19 heavy (non-hydrogen) atoms. The van der Waals surface area contributed by atoms with E-state index in [-0.39, 0.29) is 5.41 Å². The number of thiophene rings is 1. The van der Waals surface area contributed by atoms with Crippen molar-refractivity contribution in [3.05, 3.63) is 46.3 Å². The summed E-state index contributed by atoms with van der Waals surface area (Å²) >= 11 is 1.81. The molecule has 0 saturated heterocycles. The van der Waals surface area contributed by atoms with E-state index in [4.69, 9.17) is 4.74 Å². The van der Waals surface area contributed by atoms with Gasteiger partial charge >= 0.3 is 0 Å². The molecule has 0 atom stereocenters. The summed E-state index contributed by atoms with van der Waals surface area (Å²) in [4.78, 5) is 5.60. The second kappa shape index (κ2) is 6.17. The summed E-state index contributed by atoms with van der Waals surface area (Å²) in [6, 6.07) is 8.27. The van der Waals surface area contributed by atoms with Crippen molar-refractivity contribution in [3.8, 4) is 5.88 Å². The SMILES string of the molecule is COc1ncccc1CNCC(C)(C)c1cccs1. The Morgan fingerprint density at radius 1 is 1.32 bits per heavy atom. The van der Waals surface area contributed by atoms with Gasteiger partial charge in [-0.15, -0.1) is 11.3 Å². The molecule has 0 aliphatic heterocycles. The van der Waals surface area contributed by atoms with Crippen molar-refractivity contribution < 1.29 is 4.74 Å². The molecule has 2 aromatic rings. The average molecular weight is 276 g/mol. The van der Waals surface area contributed by atoms with Crippen LogP contribution in [0.4, 0.5) is 0 Å². The monoisotopic (exact) mass is 276 g/mol. The van der Waals surface area contributed by atoms with E-state index in [0.29, 0.717) is 5.88 Å². The molecule has 0 fully saturated rings. The number of aromatic nitrogens is 1. The van der Waals surface area contributed by atoms with Crippen molar-refractivity contribution in [1.29, 1.82) is 0 Å². The first kappa shape index (κ1) is 14.0. The van der Waals surface area contributed by atoms with Crippen molar-refractivity contribution >= 4 is 11.3 Å².